The molecule has 2 rings (SSSR count). The summed E-state index contributed by atoms with van der Waals surface area (Å²) >= 11 is 0. The SMILES string of the molecule is C[C@@H](C(=O)O)N(C(=O)N1CCOCC1)c1ccc(F)cc1. The van der Waals surface area contributed by atoms with Crippen molar-refractivity contribution in [3.63, 3.8) is 0 Å². The van der Waals surface area contributed by atoms with Crippen LogP contribution in [0.4, 0.5) is 14.9 Å². The molecule has 114 valence electrons. The summed E-state index contributed by atoms with van der Waals surface area (Å²) in [5.41, 5.74) is 0.350. The summed E-state index contributed by atoms with van der Waals surface area (Å²) in [5.74, 6) is -1.57. The van der Waals surface area contributed by atoms with Gasteiger partial charge >= 0.3 is 12.0 Å². The lowest BCUT2D eigenvalue weighted by Gasteiger charge is -2.34. The molecule has 1 N–H and O–H groups in total. The molecule has 1 atom stereocenters. The van der Waals surface area contributed by atoms with E-state index in [1.807, 2.05) is 0 Å². The number of carbonyl (C=O) groups is 2. The van der Waals surface area contributed by atoms with Gasteiger partial charge in [0.05, 0.1) is 13.2 Å². The molecule has 0 aromatic heterocycles. The summed E-state index contributed by atoms with van der Waals surface area (Å²) in [6.07, 6.45) is 0. The number of carboxylic acid groups (broad SMARTS) is 1. The summed E-state index contributed by atoms with van der Waals surface area (Å²) in [6, 6.07) is 3.72. The third-order valence-corrected chi connectivity index (χ3v) is 3.34. The highest BCUT2D eigenvalue weighted by atomic mass is 19.1. The van der Waals surface area contributed by atoms with Crippen LogP contribution in [-0.4, -0.2) is 54.4 Å². The average Bonchev–Trinajstić information content (AvgIpc) is 2.50. The van der Waals surface area contributed by atoms with Crippen LogP contribution in [0.3, 0.4) is 0 Å². The first-order valence-electron chi connectivity index (χ1n) is 6.65. The van der Waals surface area contributed by atoms with E-state index >= 15 is 0 Å². The predicted molar refractivity (Wildman–Crippen MR) is 73.8 cm³/mol. The van der Waals surface area contributed by atoms with Crippen LogP contribution in [-0.2, 0) is 9.53 Å². The molecule has 6 nitrogen and oxygen atoms in total. The van der Waals surface area contributed by atoms with Crippen molar-refractivity contribution in [2.75, 3.05) is 31.2 Å². The van der Waals surface area contributed by atoms with Gasteiger partial charge in [0.2, 0.25) is 0 Å². The number of hydrogen-bond acceptors (Lipinski definition) is 3. The molecule has 0 radical (unpaired) electrons. The van der Waals surface area contributed by atoms with Gasteiger partial charge in [-0.1, -0.05) is 0 Å². The first-order chi connectivity index (χ1) is 10.0. The zero-order valence-electron chi connectivity index (χ0n) is 11.7. The summed E-state index contributed by atoms with van der Waals surface area (Å²) in [6.45, 7) is 3.07. The molecular formula is C14H17FN2O4. The van der Waals surface area contributed by atoms with E-state index < -0.39 is 23.9 Å². The van der Waals surface area contributed by atoms with Crippen molar-refractivity contribution in [2.24, 2.45) is 0 Å². The van der Waals surface area contributed by atoms with Crippen molar-refractivity contribution >= 4 is 17.7 Å². The largest absolute Gasteiger partial charge is 0.480 e. The van der Waals surface area contributed by atoms with E-state index in [0.29, 0.717) is 32.0 Å². The monoisotopic (exact) mass is 296 g/mol. The number of carboxylic acids is 1. The smallest absolute Gasteiger partial charge is 0.326 e. The Hall–Kier alpha value is -2.15. The highest BCUT2D eigenvalue weighted by Crippen LogP contribution is 2.20. The number of amides is 2. The first kappa shape index (κ1) is 15.2. The third-order valence-electron chi connectivity index (χ3n) is 3.34. The van der Waals surface area contributed by atoms with Gasteiger partial charge in [-0.15, -0.1) is 0 Å². The molecule has 7 heteroatoms. The second-order valence-corrected chi connectivity index (χ2v) is 4.74. The van der Waals surface area contributed by atoms with Crippen LogP contribution < -0.4 is 4.90 Å². The number of rotatable bonds is 3. The highest BCUT2D eigenvalue weighted by Gasteiger charge is 2.31. The molecule has 1 saturated heterocycles. The Balaban J connectivity index is 2.28. The van der Waals surface area contributed by atoms with E-state index in [1.165, 1.54) is 36.1 Å². The van der Waals surface area contributed by atoms with Crippen molar-refractivity contribution < 1.29 is 23.8 Å². The second-order valence-electron chi connectivity index (χ2n) is 4.74. The minimum absolute atomic E-state index is 0.350. The maximum absolute atomic E-state index is 13.0. The molecule has 1 heterocycles. The molecule has 1 aromatic rings. The Labute approximate surface area is 121 Å². The lowest BCUT2D eigenvalue weighted by Crippen LogP contribution is -2.53. The van der Waals surface area contributed by atoms with Crippen LogP contribution in [0.15, 0.2) is 24.3 Å². The summed E-state index contributed by atoms with van der Waals surface area (Å²) in [4.78, 5) is 26.5. The van der Waals surface area contributed by atoms with Crippen LogP contribution in [0.25, 0.3) is 0 Å². The summed E-state index contributed by atoms with van der Waals surface area (Å²) < 4.78 is 18.2. The van der Waals surface area contributed by atoms with Crippen molar-refractivity contribution in [3.8, 4) is 0 Å². The van der Waals surface area contributed by atoms with Crippen LogP contribution in [0.1, 0.15) is 6.92 Å². The number of ether oxygens (including phenoxy) is 1. The van der Waals surface area contributed by atoms with Crippen molar-refractivity contribution in [1.29, 1.82) is 0 Å². The van der Waals surface area contributed by atoms with Crippen LogP contribution in [0.5, 0.6) is 0 Å². The Morgan fingerprint density at radius 1 is 1.29 bits per heavy atom. The van der Waals surface area contributed by atoms with Crippen molar-refractivity contribution in [2.45, 2.75) is 13.0 Å². The number of nitrogens with zero attached hydrogens (tertiary/aromatic N) is 2. The molecule has 1 aliphatic heterocycles. The molecule has 0 bridgehead atoms. The summed E-state index contributed by atoms with van der Waals surface area (Å²) in [7, 11) is 0. The topological polar surface area (TPSA) is 70.1 Å². The lowest BCUT2D eigenvalue weighted by molar-refractivity contribution is -0.138. The minimum Gasteiger partial charge on any atom is -0.480 e. The molecule has 0 saturated carbocycles. The Morgan fingerprint density at radius 2 is 1.86 bits per heavy atom. The Bertz CT molecular complexity index is 514. The Morgan fingerprint density at radius 3 is 2.38 bits per heavy atom. The molecule has 0 aliphatic carbocycles. The van der Waals surface area contributed by atoms with Crippen LogP contribution in [0.2, 0.25) is 0 Å². The normalized spacial score (nSPS) is 16.4. The molecule has 0 spiro atoms. The maximum Gasteiger partial charge on any atom is 0.326 e. The molecule has 1 aliphatic rings. The number of urea groups is 1. The molecule has 0 unspecified atom stereocenters. The van der Waals surface area contributed by atoms with Crippen LogP contribution in [0, 0.1) is 5.82 Å². The average molecular weight is 296 g/mol. The molecule has 2 amide bonds. The van der Waals surface area contributed by atoms with Gasteiger partial charge in [0.25, 0.3) is 0 Å². The van der Waals surface area contributed by atoms with E-state index in [2.05, 4.69) is 0 Å². The number of hydrogen-bond donors (Lipinski definition) is 1. The van der Waals surface area contributed by atoms with E-state index in [4.69, 9.17) is 4.74 Å². The van der Waals surface area contributed by atoms with Gasteiger partial charge in [-0.2, -0.15) is 0 Å². The second kappa shape index (κ2) is 6.53. The van der Waals surface area contributed by atoms with Gasteiger partial charge in [0.15, 0.2) is 0 Å². The van der Waals surface area contributed by atoms with E-state index in [9.17, 15) is 19.1 Å². The van der Waals surface area contributed by atoms with E-state index in [-0.39, 0.29) is 0 Å². The minimum atomic E-state index is -1.12. The fourth-order valence-corrected chi connectivity index (χ4v) is 2.12. The van der Waals surface area contributed by atoms with E-state index in [0.717, 1.165) is 4.90 Å². The standard InChI is InChI=1S/C14H17FN2O4/c1-10(13(18)19)17(12-4-2-11(15)3-5-12)14(20)16-6-8-21-9-7-16/h2-5,10H,6-9H2,1H3,(H,18,19)/t10-/m0/s1. The summed E-state index contributed by atoms with van der Waals surface area (Å²) in [5, 5.41) is 9.20. The van der Waals surface area contributed by atoms with Gasteiger partial charge < -0.3 is 14.7 Å². The van der Waals surface area contributed by atoms with Crippen LogP contribution >= 0.6 is 0 Å². The number of benzene rings is 1. The molecular weight excluding hydrogens is 279 g/mol. The molecule has 21 heavy (non-hydrogen) atoms. The molecule has 1 aromatic carbocycles. The Kier molecular flexibility index (Phi) is 4.74. The zero-order valence-corrected chi connectivity index (χ0v) is 11.7. The fourth-order valence-electron chi connectivity index (χ4n) is 2.12. The number of morpholine rings is 1. The predicted octanol–water partition coefficient (Wildman–Crippen LogP) is 1.56. The van der Waals surface area contributed by atoms with Crippen molar-refractivity contribution in [3.05, 3.63) is 30.1 Å². The van der Waals surface area contributed by atoms with Gasteiger partial charge in [0, 0.05) is 18.8 Å². The third kappa shape index (κ3) is 3.49. The van der Waals surface area contributed by atoms with Gasteiger partial charge in [-0.3, -0.25) is 4.90 Å². The quantitative estimate of drug-likeness (QED) is 0.919. The molecule has 1 fully saturated rings. The van der Waals surface area contributed by atoms with E-state index in [1.54, 1.807) is 0 Å². The fraction of sp³-hybridized carbons (Fsp3) is 0.429. The van der Waals surface area contributed by atoms with Crippen molar-refractivity contribution in [1.82, 2.24) is 4.90 Å². The highest BCUT2D eigenvalue weighted by molar-refractivity contribution is 5.98. The van der Waals surface area contributed by atoms with Gasteiger partial charge in [0.1, 0.15) is 11.9 Å². The van der Waals surface area contributed by atoms with Gasteiger partial charge in [-0.05, 0) is 31.2 Å². The van der Waals surface area contributed by atoms with Gasteiger partial charge in [-0.25, -0.2) is 14.0 Å². The first-order valence-corrected chi connectivity index (χ1v) is 6.65. The number of halogens is 1. The zero-order chi connectivity index (χ0) is 15.4. The number of anilines is 1. The lowest BCUT2D eigenvalue weighted by atomic mass is 10.2. The maximum atomic E-state index is 13.0. The number of carbonyl (C=O) groups excluding carboxylic acids is 1. The number of aliphatic carboxylic acids is 1.